The van der Waals surface area contributed by atoms with E-state index < -0.39 is 12.0 Å². The molecular formula is C9H13NO3S2. The van der Waals surface area contributed by atoms with Gasteiger partial charge in [0.15, 0.2) is 0 Å². The highest BCUT2D eigenvalue weighted by molar-refractivity contribution is 8.01. The number of amides is 1. The summed E-state index contributed by atoms with van der Waals surface area (Å²) in [6, 6.07) is -0.608. The number of carboxylic acids is 1. The average Bonchev–Trinajstić information content (AvgIpc) is 2.88. The summed E-state index contributed by atoms with van der Waals surface area (Å²) in [5.74, 6) is 1.23. The number of hydrogen-bond acceptors (Lipinski definition) is 4. The molecule has 0 aliphatic carbocycles. The molecular weight excluding hydrogens is 234 g/mol. The minimum atomic E-state index is -0.878. The van der Waals surface area contributed by atoms with Crippen LogP contribution in [0.25, 0.3) is 0 Å². The van der Waals surface area contributed by atoms with Crippen molar-refractivity contribution in [2.75, 3.05) is 17.4 Å². The van der Waals surface area contributed by atoms with Gasteiger partial charge in [-0.2, -0.15) is 0 Å². The van der Waals surface area contributed by atoms with Gasteiger partial charge in [-0.25, -0.2) is 4.79 Å². The summed E-state index contributed by atoms with van der Waals surface area (Å²) in [7, 11) is 0. The van der Waals surface area contributed by atoms with Crippen LogP contribution in [0.2, 0.25) is 0 Å². The molecule has 4 nitrogen and oxygen atoms in total. The number of carboxylic acid groups (broad SMARTS) is 1. The standard InChI is InChI=1S/C9H13NO3S2/c11-8(7-2-1-3-15-7)10-5-14-4-6(10)9(12)13/h6-7H,1-5H2,(H,12,13). The Kier molecular flexibility index (Phi) is 3.45. The molecule has 15 heavy (non-hydrogen) atoms. The smallest absolute Gasteiger partial charge is 0.327 e. The van der Waals surface area contributed by atoms with Crippen molar-refractivity contribution < 1.29 is 14.7 Å². The highest BCUT2D eigenvalue weighted by Gasteiger charge is 2.38. The summed E-state index contributed by atoms with van der Waals surface area (Å²) >= 11 is 3.18. The molecule has 2 heterocycles. The monoisotopic (exact) mass is 247 g/mol. The number of carbonyl (C=O) groups excluding carboxylic acids is 1. The predicted molar refractivity (Wildman–Crippen MR) is 61.1 cm³/mol. The number of rotatable bonds is 2. The van der Waals surface area contributed by atoms with Crippen LogP contribution in [-0.4, -0.2) is 50.6 Å². The van der Waals surface area contributed by atoms with E-state index in [4.69, 9.17) is 5.11 Å². The molecule has 0 bridgehead atoms. The van der Waals surface area contributed by atoms with Crippen LogP contribution in [0.1, 0.15) is 12.8 Å². The summed E-state index contributed by atoms with van der Waals surface area (Å²) < 4.78 is 0. The Hall–Kier alpha value is -0.360. The highest BCUT2D eigenvalue weighted by atomic mass is 32.2. The maximum Gasteiger partial charge on any atom is 0.327 e. The first-order chi connectivity index (χ1) is 7.20. The van der Waals surface area contributed by atoms with Gasteiger partial charge in [0.1, 0.15) is 6.04 Å². The van der Waals surface area contributed by atoms with E-state index in [1.54, 1.807) is 11.8 Å². The van der Waals surface area contributed by atoms with Crippen molar-refractivity contribution in [1.82, 2.24) is 4.90 Å². The SMILES string of the molecule is O=C(O)C1CSCN1C(=O)C1CCCS1. The van der Waals surface area contributed by atoms with Gasteiger partial charge in [0.25, 0.3) is 0 Å². The van der Waals surface area contributed by atoms with Crippen LogP contribution in [-0.2, 0) is 9.59 Å². The topological polar surface area (TPSA) is 57.6 Å². The zero-order chi connectivity index (χ0) is 10.8. The summed E-state index contributed by atoms with van der Waals surface area (Å²) in [6.45, 7) is 0. The van der Waals surface area contributed by atoms with Crippen LogP contribution < -0.4 is 0 Å². The maximum absolute atomic E-state index is 12.0. The minimum absolute atomic E-state index is 0.00514. The van der Waals surface area contributed by atoms with E-state index in [0.29, 0.717) is 11.6 Å². The van der Waals surface area contributed by atoms with Crippen molar-refractivity contribution in [2.45, 2.75) is 24.1 Å². The van der Waals surface area contributed by atoms with Crippen LogP contribution in [0, 0.1) is 0 Å². The van der Waals surface area contributed by atoms with Crippen LogP contribution in [0.3, 0.4) is 0 Å². The first-order valence-corrected chi connectivity index (χ1v) is 7.13. The fourth-order valence-electron chi connectivity index (χ4n) is 1.82. The van der Waals surface area contributed by atoms with Crippen molar-refractivity contribution in [2.24, 2.45) is 0 Å². The molecule has 2 atom stereocenters. The average molecular weight is 247 g/mol. The summed E-state index contributed by atoms with van der Waals surface area (Å²) in [5, 5.41) is 8.97. The normalized spacial score (nSPS) is 30.8. The van der Waals surface area contributed by atoms with E-state index in [1.165, 1.54) is 16.7 Å². The molecule has 2 aliphatic rings. The Bertz CT molecular complexity index is 279. The third-order valence-electron chi connectivity index (χ3n) is 2.66. The van der Waals surface area contributed by atoms with Gasteiger partial charge in [-0.15, -0.1) is 23.5 Å². The lowest BCUT2D eigenvalue weighted by Crippen LogP contribution is -2.45. The van der Waals surface area contributed by atoms with Crippen molar-refractivity contribution in [3.05, 3.63) is 0 Å². The maximum atomic E-state index is 12.0. The van der Waals surface area contributed by atoms with Gasteiger partial charge >= 0.3 is 5.97 Å². The number of nitrogens with zero attached hydrogens (tertiary/aromatic N) is 1. The molecule has 0 aromatic rings. The first kappa shape index (κ1) is 11.1. The zero-order valence-corrected chi connectivity index (χ0v) is 9.85. The molecule has 2 rings (SSSR count). The van der Waals surface area contributed by atoms with Crippen LogP contribution in [0.15, 0.2) is 0 Å². The predicted octanol–water partition coefficient (Wildman–Crippen LogP) is 0.868. The van der Waals surface area contributed by atoms with Crippen molar-refractivity contribution in [1.29, 1.82) is 0 Å². The van der Waals surface area contributed by atoms with E-state index >= 15 is 0 Å². The summed E-state index contributed by atoms with van der Waals surface area (Å²) in [5.41, 5.74) is 0. The molecule has 1 amide bonds. The van der Waals surface area contributed by atoms with E-state index in [2.05, 4.69) is 0 Å². The molecule has 2 saturated heterocycles. The Morgan fingerprint density at radius 1 is 1.40 bits per heavy atom. The second-order valence-electron chi connectivity index (χ2n) is 3.66. The second-order valence-corrected chi connectivity index (χ2v) is 5.97. The molecule has 0 spiro atoms. The number of aliphatic carboxylic acids is 1. The Balaban J connectivity index is 2.02. The molecule has 2 fully saturated rings. The van der Waals surface area contributed by atoms with Gasteiger partial charge < -0.3 is 10.0 Å². The fraction of sp³-hybridized carbons (Fsp3) is 0.778. The molecule has 2 aliphatic heterocycles. The number of carbonyl (C=O) groups is 2. The molecule has 0 aromatic carbocycles. The molecule has 6 heteroatoms. The summed E-state index contributed by atoms with van der Waals surface area (Å²) in [6.07, 6.45) is 1.97. The minimum Gasteiger partial charge on any atom is -0.480 e. The van der Waals surface area contributed by atoms with Gasteiger partial charge in [-0.3, -0.25) is 4.79 Å². The van der Waals surface area contributed by atoms with Crippen LogP contribution in [0.5, 0.6) is 0 Å². The van der Waals surface area contributed by atoms with Crippen LogP contribution in [0.4, 0.5) is 0 Å². The van der Waals surface area contributed by atoms with Crippen molar-refractivity contribution in [3.63, 3.8) is 0 Å². The molecule has 0 aromatic heterocycles. The first-order valence-electron chi connectivity index (χ1n) is 4.93. The quantitative estimate of drug-likeness (QED) is 0.784. The van der Waals surface area contributed by atoms with Crippen LogP contribution >= 0.6 is 23.5 Å². The van der Waals surface area contributed by atoms with Gasteiger partial charge in [-0.1, -0.05) is 0 Å². The molecule has 2 unspecified atom stereocenters. The fourth-order valence-corrected chi connectivity index (χ4v) is 4.21. The Labute approximate surface area is 96.8 Å². The lowest BCUT2D eigenvalue weighted by atomic mass is 10.2. The van der Waals surface area contributed by atoms with E-state index in [1.807, 2.05) is 0 Å². The number of thioether (sulfide) groups is 2. The van der Waals surface area contributed by atoms with Crippen molar-refractivity contribution >= 4 is 35.4 Å². The summed E-state index contributed by atoms with van der Waals surface area (Å²) in [4.78, 5) is 24.4. The van der Waals surface area contributed by atoms with Gasteiger partial charge in [0.05, 0.1) is 11.1 Å². The van der Waals surface area contributed by atoms with Gasteiger partial charge in [-0.05, 0) is 18.6 Å². The third-order valence-corrected chi connectivity index (χ3v) is 5.03. The Morgan fingerprint density at radius 2 is 2.20 bits per heavy atom. The lowest BCUT2D eigenvalue weighted by Gasteiger charge is -2.23. The number of hydrogen-bond donors (Lipinski definition) is 1. The van der Waals surface area contributed by atoms with Gasteiger partial charge in [0, 0.05) is 5.75 Å². The van der Waals surface area contributed by atoms with E-state index in [0.717, 1.165) is 18.6 Å². The molecule has 1 N–H and O–H groups in total. The highest BCUT2D eigenvalue weighted by Crippen LogP contribution is 2.31. The molecule has 0 saturated carbocycles. The second kappa shape index (κ2) is 4.65. The van der Waals surface area contributed by atoms with E-state index in [-0.39, 0.29) is 11.2 Å². The lowest BCUT2D eigenvalue weighted by molar-refractivity contribution is -0.147. The van der Waals surface area contributed by atoms with E-state index in [9.17, 15) is 9.59 Å². The molecule has 0 radical (unpaired) electrons. The Morgan fingerprint density at radius 3 is 2.80 bits per heavy atom. The largest absolute Gasteiger partial charge is 0.480 e. The molecule has 84 valence electrons. The zero-order valence-electron chi connectivity index (χ0n) is 8.22. The van der Waals surface area contributed by atoms with Gasteiger partial charge in [0.2, 0.25) is 5.91 Å². The van der Waals surface area contributed by atoms with Crippen molar-refractivity contribution in [3.8, 4) is 0 Å². The third kappa shape index (κ3) is 2.25.